The van der Waals surface area contributed by atoms with Gasteiger partial charge in [0.15, 0.2) is 0 Å². The molecule has 0 heterocycles. The van der Waals surface area contributed by atoms with Gasteiger partial charge in [0, 0.05) is 0 Å². The van der Waals surface area contributed by atoms with Gasteiger partial charge in [0.25, 0.3) is 0 Å². The molecule has 0 atom stereocenters. The Balaban J connectivity index is -0.0000000655. The minimum atomic E-state index is -4.94. The Bertz CT molecular complexity index is 165. The molecule has 0 saturated heterocycles. The van der Waals surface area contributed by atoms with Gasteiger partial charge >= 0.3 is 18.9 Å². The van der Waals surface area contributed by atoms with Gasteiger partial charge in [-0.15, -0.1) is 10.2 Å². The Morgan fingerprint density at radius 3 is 0.938 bits per heavy atom. The Morgan fingerprint density at radius 1 is 0.875 bits per heavy atom. The van der Waals surface area contributed by atoms with Gasteiger partial charge in [0.1, 0.15) is 13.1 Å². The van der Waals surface area contributed by atoms with Crippen LogP contribution in [0.4, 0.5) is 0 Å². The van der Waals surface area contributed by atoms with Crippen LogP contribution in [-0.2, 0) is 9.59 Å². The Labute approximate surface area is 104 Å². The molecule has 0 spiro atoms. The van der Waals surface area contributed by atoms with Crippen LogP contribution in [0, 0.1) is 10.2 Å². The van der Waals surface area contributed by atoms with Crippen molar-refractivity contribution in [2.24, 2.45) is 0 Å². The molecule has 0 aromatic heterocycles. The number of rotatable bonds is 2. The maximum absolute atomic E-state index is 9.19. The van der Waals surface area contributed by atoms with Gasteiger partial charge in [-0.05, 0) is 0 Å². The van der Waals surface area contributed by atoms with Crippen LogP contribution in [0.1, 0.15) is 0 Å². The van der Waals surface area contributed by atoms with Crippen LogP contribution >= 0.6 is 0 Å². The second kappa shape index (κ2) is 14.6. The molecular weight excluding hydrogens is 246 g/mol. The second-order valence-corrected chi connectivity index (χ2v) is 2.38. The quantitative estimate of drug-likeness (QED) is 0.449. The molecule has 0 fully saturated rings. The van der Waals surface area contributed by atoms with E-state index in [1.807, 2.05) is 0 Å². The second-order valence-electron chi connectivity index (χ2n) is 1.62. The summed E-state index contributed by atoms with van der Waals surface area (Å²) >= 11 is 0. The van der Waals surface area contributed by atoms with Gasteiger partial charge < -0.3 is 31.3 Å². The first-order valence-electron chi connectivity index (χ1n) is 3.14. The van der Waals surface area contributed by atoms with Crippen molar-refractivity contribution in [3.8, 4) is 0 Å². The fourth-order valence-electron chi connectivity index (χ4n) is 0. The van der Waals surface area contributed by atoms with E-state index in [-0.39, 0.29) is 32.0 Å². The summed E-state index contributed by atoms with van der Waals surface area (Å²) < 4.78 is 34.0. The zero-order valence-electron chi connectivity index (χ0n) is 8.47. The molecule has 0 aliphatic heterocycles. The fraction of sp³-hybridized carbons (Fsp3) is 0.500. The van der Waals surface area contributed by atoms with Crippen molar-refractivity contribution in [2.45, 2.75) is 0 Å². The van der Waals surface area contributed by atoms with Gasteiger partial charge in [0.2, 0.25) is 0 Å². The van der Waals surface area contributed by atoms with Crippen molar-refractivity contribution >= 4 is 11.9 Å². The van der Waals surface area contributed by atoms with Crippen LogP contribution < -0.4 is 59.2 Å². The van der Waals surface area contributed by atoms with E-state index in [9.17, 15) is 19.8 Å². The monoisotopic (exact) mass is 256 g/mol. The number of carboxylic acid groups (broad SMARTS) is 2. The molecule has 0 unspecified atom stereocenters. The van der Waals surface area contributed by atoms with Crippen LogP contribution in [0.15, 0.2) is 0 Å². The molecule has 10 nitrogen and oxygen atoms in total. The topological polar surface area (TPSA) is 228 Å². The summed E-state index contributed by atoms with van der Waals surface area (Å²) in [5.41, 5.74) is 6.05. The number of halogens is 1. The molecule has 0 aromatic carbocycles. The largest absolute Gasteiger partial charge is 1.00 e. The van der Waals surface area contributed by atoms with Crippen molar-refractivity contribution in [2.75, 3.05) is 13.1 Å². The Hall–Kier alpha value is -0.413. The first-order chi connectivity index (χ1) is 6.54. The minimum absolute atomic E-state index is 0. The standard InChI is InChI=1S/2C2H5NO2.ClHO4.Li/c2*3-1-2(4)5;2-1(3,4)5;/h2*1,3H2,(H,4,5);(H,2,3,4,5);/q;;;+1/p-1. The van der Waals surface area contributed by atoms with Crippen LogP contribution in [0.5, 0.6) is 0 Å². The first kappa shape index (κ1) is 24.7. The molecule has 92 valence electrons. The predicted molar refractivity (Wildman–Crippen MR) is 25.5 cm³/mol. The van der Waals surface area contributed by atoms with E-state index in [2.05, 4.69) is 11.5 Å². The number of carbonyl (C=O) groups excluding carboxylic acids is 2. The third-order valence-electron chi connectivity index (χ3n) is 0.408. The zero-order chi connectivity index (χ0) is 13.1. The molecule has 0 aromatic rings. The molecule has 0 aliphatic rings. The number of quaternary nitrogens is 2. The van der Waals surface area contributed by atoms with E-state index in [0.29, 0.717) is 0 Å². The smallest absolute Gasteiger partial charge is 0.544 e. The van der Waals surface area contributed by atoms with Crippen LogP contribution in [0.3, 0.4) is 0 Å². The molecule has 0 aliphatic carbocycles. The van der Waals surface area contributed by atoms with E-state index < -0.39 is 22.2 Å². The van der Waals surface area contributed by atoms with E-state index in [4.69, 9.17) is 18.6 Å². The third kappa shape index (κ3) is 167. The molecular formula is C4H10ClLiN2O8. The molecule has 0 rings (SSSR count). The summed E-state index contributed by atoms with van der Waals surface area (Å²) in [6, 6.07) is 0. The predicted octanol–water partition coefficient (Wildman–Crippen LogP) is -13.8. The number of carboxylic acids is 2. The number of hydrogen-bond donors (Lipinski definition) is 2. The third-order valence-corrected chi connectivity index (χ3v) is 0.408. The summed E-state index contributed by atoms with van der Waals surface area (Å²) in [5.74, 6) is -2.21. The SMILES string of the molecule is [Li+].[NH3+]CC(=O)[O-].[NH3+]CC(=O)[O-].[O-][Cl+3]([O-])([O-])[O-]. The van der Waals surface area contributed by atoms with Crippen LogP contribution in [-0.4, -0.2) is 25.0 Å². The van der Waals surface area contributed by atoms with Gasteiger partial charge in [-0.2, -0.15) is 0 Å². The van der Waals surface area contributed by atoms with Crippen molar-refractivity contribution < 1.29 is 79.0 Å². The van der Waals surface area contributed by atoms with E-state index in [0.717, 1.165) is 0 Å². The number of carbonyl (C=O) groups is 2. The van der Waals surface area contributed by atoms with E-state index in [1.54, 1.807) is 0 Å². The number of aliphatic carboxylic acids is 2. The molecule has 0 radical (unpaired) electrons. The molecule has 12 heteroatoms. The average molecular weight is 257 g/mol. The van der Waals surface area contributed by atoms with Gasteiger partial charge in [-0.25, -0.2) is 18.6 Å². The molecule has 0 saturated carbocycles. The van der Waals surface area contributed by atoms with Gasteiger partial charge in [0.05, 0.1) is 11.9 Å². The summed E-state index contributed by atoms with van der Waals surface area (Å²) in [4.78, 5) is 18.4. The maximum atomic E-state index is 9.19. The van der Waals surface area contributed by atoms with Crippen molar-refractivity contribution in [3.05, 3.63) is 0 Å². The summed E-state index contributed by atoms with van der Waals surface area (Å²) in [7, 11) is -4.94. The zero-order valence-corrected chi connectivity index (χ0v) is 9.23. The first-order valence-corrected chi connectivity index (χ1v) is 4.38. The molecule has 0 amide bonds. The van der Waals surface area contributed by atoms with Gasteiger partial charge in [-0.1, -0.05) is 0 Å². The van der Waals surface area contributed by atoms with Crippen molar-refractivity contribution in [3.63, 3.8) is 0 Å². The molecule has 16 heavy (non-hydrogen) atoms. The average Bonchev–Trinajstić information content (AvgIpc) is 2.02. The maximum Gasteiger partial charge on any atom is 1.00 e. The Morgan fingerprint density at radius 2 is 0.938 bits per heavy atom. The van der Waals surface area contributed by atoms with Crippen molar-refractivity contribution in [1.82, 2.24) is 0 Å². The summed E-state index contributed by atoms with van der Waals surface area (Å²) in [5, 5.41) is 18.4. The fourth-order valence-corrected chi connectivity index (χ4v) is 0. The minimum Gasteiger partial charge on any atom is -0.544 e. The van der Waals surface area contributed by atoms with Crippen LogP contribution in [0.25, 0.3) is 0 Å². The molecule has 0 bridgehead atoms. The Kier molecular flexibility index (Phi) is 22.5. The van der Waals surface area contributed by atoms with Crippen molar-refractivity contribution in [1.29, 1.82) is 0 Å². The van der Waals surface area contributed by atoms with E-state index in [1.165, 1.54) is 0 Å². The summed E-state index contributed by atoms with van der Waals surface area (Å²) in [6.07, 6.45) is 0. The van der Waals surface area contributed by atoms with Crippen LogP contribution in [0.2, 0.25) is 0 Å². The normalized spacial score (nSPS) is 8.38. The van der Waals surface area contributed by atoms with Gasteiger partial charge in [-0.3, -0.25) is 0 Å². The molecule has 6 N–H and O–H groups in total. The number of hydrogen-bond acceptors (Lipinski definition) is 8. The summed E-state index contributed by atoms with van der Waals surface area (Å²) in [6.45, 7) is -0.278. The van der Waals surface area contributed by atoms with E-state index >= 15 is 0 Å².